The van der Waals surface area contributed by atoms with E-state index in [4.69, 9.17) is 4.74 Å². The molecule has 1 aromatic rings. The lowest BCUT2D eigenvalue weighted by Gasteiger charge is -2.29. The number of esters is 1. The van der Waals surface area contributed by atoms with E-state index in [2.05, 4.69) is 5.32 Å². The molecule has 0 aromatic heterocycles. The van der Waals surface area contributed by atoms with Gasteiger partial charge in [0.05, 0.1) is 16.9 Å². The molecule has 1 amide bonds. The molecule has 0 radical (unpaired) electrons. The van der Waals surface area contributed by atoms with Gasteiger partial charge in [0, 0.05) is 6.04 Å². The smallest absolute Gasteiger partial charge is 0.317 e. The topological polar surface area (TPSA) is 89.5 Å². The number of rotatable bonds is 5. The van der Waals surface area contributed by atoms with Crippen molar-refractivity contribution in [1.82, 2.24) is 5.32 Å². The van der Waals surface area contributed by atoms with Crippen molar-refractivity contribution in [2.75, 3.05) is 11.5 Å². The van der Waals surface area contributed by atoms with Crippen LogP contribution in [-0.4, -0.2) is 43.9 Å². The highest BCUT2D eigenvalue weighted by molar-refractivity contribution is 7.91. The number of carbonyl (C=O) groups excluding carboxylic acids is 2. The van der Waals surface area contributed by atoms with Gasteiger partial charge in [-0.15, -0.1) is 0 Å². The first-order valence-corrected chi connectivity index (χ1v) is 11.0. The molecule has 0 spiro atoms. The summed E-state index contributed by atoms with van der Waals surface area (Å²) in [5, 5.41) is 2.65. The normalized spacial score (nSPS) is 24.3. The van der Waals surface area contributed by atoms with Crippen molar-refractivity contribution >= 4 is 21.7 Å². The van der Waals surface area contributed by atoms with Crippen LogP contribution in [0.15, 0.2) is 24.3 Å². The zero-order valence-corrected chi connectivity index (χ0v) is 16.1. The lowest BCUT2D eigenvalue weighted by atomic mass is 9.79. The number of carbonyl (C=O) groups is 2. The maximum atomic E-state index is 13.3. The minimum absolute atomic E-state index is 0.0554. The largest absolute Gasteiger partial charge is 0.452 e. The highest BCUT2D eigenvalue weighted by Gasteiger charge is 2.45. The second-order valence-corrected chi connectivity index (χ2v) is 9.68. The van der Waals surface area contributed by atoms with Gasteiger partial charge in [-0.1, -0.05) is 25.0 Å². The van der Waals surface area contributed by atoms with Gasteiger partial charge < -0.3 is 10.1 Å². The monoisotopic (exact) mass is 397 g/mol. The Morgan fingerprint density at radius 3 is 2.41 bits per heavy atom. The third kappa shape index (κ3) is 4.31. The molecule has 2 fully saturated rings. The molecule has 1 saturated carbocycles. The van der Waals surface area contributed by atoms with E-state index in [0.717, 1.165) is 12.8 Å². The molecular formula is C19H24FNO5S. The van der Waals surface area contributed by atoms with Gasteiger partial charge in [0.2, 0.25) is 0 Å². The SMILES string of the molecule is C[C@H](OC(=O)C1(c2ccc(F)cc2)CCCC1)C(=O)N[C@H]1CCS(=O)(=O)C1. The second-order valence-electron chi connectivity index (χ2n) is 7.45. The van der Waals surface area contributed by atoms with Crippen molar-refractivity contribution in [3.8, 4) is 0 Å². The Bertz CT molecular complexity index is 815. The number of ether oxygens (including phenoxy) is 1. The van der Waals surface area contributed by atoms with E-state index in [-0.39, 0.29) is 17.3 Å². The van der Waals surface area contributed by atoms with Crippen LogP contribution in [0.1, 0.15) is 44.6 Å². The quantitative estimate of drug-likeness (QED) is 0.766. The third-order valence-electron chi connectivity index (χ3n) is 5.48. The van der Waals surface area contributed by atoms with Crippen molar-refractivity contribution in [2.24, 2.45) is 0 Å². The minimum atomic E-state index is -3.11. The van der Waals surface area contributed by atoms with E-state index in [1.807, 2.05) is 0 Å². The Morgan fingerprint density at radius 1 is 1.22 bits per heavy atom. The van der Waals surface area contributed by atoms with Gasteiger partial charge in [-0.3, -0.25) is 9.59 Å². The van der Waals surface area contributed by atoms with E-state index in [0.29, 0.717) is 24.8 Å². The average molecular weight is 397 g/mol. The second kappa shape index (κ2) is 7.58. The molecule has 1 aliphatic carbocycles. The summed E-state index contributed by atoms with van der Waals surface area (Å²) in [6, 6.07) is 5.38. The Labute approximate surface area is 158 Å². The van der Waals surface area contributed by atoms with Gasteiger partial charge in [-0.2, -0.15) is 0 Å². The molecule has 8 heteroatoms. The van der Waals surface area contributed by atoms with Crippen molar-refractivity contribution < 1.29 is 27.1 Å². The Hall–Kier alpha value is -1.96. The molecule has 0 bridgehead atoms. The number of benzene rings is 1. The summed E-state index contributed by atoms with van der Waals surface area (Å²) in [5.41, 5.74) is -0.167. The lowest BCUT2D eigenvalue weighted by Crippen LogP contribution is -2.45. The molecule has 2 aliphatic rings. The molecule has 27 heavy (non-hydrogen) atoms. The fourth-order valence-corrected chi connectivity index (χ4v) is 5.59. The molecular weight excluding hydrogens is 373 g/mol. The standard InChI is InChI=1S/C19H24FNO5S/c1-13(17(22)21-16-8-11-27(24,25)12-16)26-18(23)19(9-2-3-10-19)14-4-6-15(20)7-5-14/h4-7,13,16H,2-3,8-12H2,1H3,(H,21,22)/t13-,16-/m0/s1. The molecule has 1 aromatic carbocycles. The molecule has 0 unspecified atom stereocenters. The molecule has 1 saturated heterocycles. The molecule has 3 rings (SSSR count). The van der Waals surface area contributed by atoms with E-state index in [9.17, 15) is 22.4 Å². The van der Waals surface area contributed by atoms with Gasteiger partial charge in [0.25, 0.3) is 5.91 Å². The Balaban J connectivity index is 1.67. The first-order chi connectivity index (χ1) is 12.7. The summed E-state index contributed by atoms with van der Waals surface area (Å²) < 4.78 is 41.7. The zero-order chi connectivity index (χ0) is 19.7. The van der Waals surface area contributed by atoms with Crippen molar-refractivity contribution in [3.63, 3.8) is 0 Å². The van der Waals surface area contributed by atoms with Crippen molar-refractivity contribution in [3.05, 3.63) is 35.6 Å². The number of hydrogen-bond donors (Lipinski definition) is 1. The van der Waals surface area contributed by atoms with E-state index < -0.39 is 39.3 Å². The van der Waals surface area contributed by atoms with E-state index in [1.54, 1.807) is 12.1 Å². The van der Waals surface area contributed by atoms with Crippen LogP contribution >= 0.6 is 0 Å². The third-order valence-corrected chi connectivity index (χ3v) is 7.24. The van der Waals surface area contributed by atoms with Crippen LogP contribution in [0.3, 0.4) is 0 Å². The number of sulfone groups is 1. The summed E-state index contributed by atoms with van der Waals surface area (Å²) in [6.45, 7) is 1.48. The Kier molecular flexibility index (Phi) is 5.55. The molecule has 1 N–H and O–H groups in total. The van der Waals surface area contributed by atoms with Crippen molar-refractivity contribution in [1.29, 1.82) is 0 Å². The number of nitrogens with one attached hydrogen (secondary N) is 1. The van der Waals surface area contributed by atoms with Gasteiger partial charge in [-0.05, 0) is 43.9 Å². The fraction of sp³-hybridized carbons (Fsp3) is 0.579. The van der Waals surface area contributed by atoms with Crippen LogP contribution in [0.5, 0.6) is 0 Å². The maximum Gasteiger partial charge on any atom is 0.317 e. The first-order valence-electron chi connectivity index (χ1n) is 9.20. The van der Waals surface area contributed by atoms with Crippen molar-refractivity contribution in [2.45, 2.75) is 56.6 Å². The highest BCUT2D eigenvalue weighted by Crippen LogP contribution is 2.42. The predicted octanol–water partition coefficient (Wildman–Crippen LogP) is 1.87. The van der Waals surface area contributed by atoms with E-state index in [1.165, 1.54) is 19.1 Å². The van der Waals surface area contributed by atoms with Gasteiger partial charge in [0.1, 0.15) is 5.82 Å². The zero-order valence-electron chi connectivity index (χ0n) is 15.2. The van der Waals surface area contributed by atoms with Crippen LogP contribution in [0.2, 0.25) is 0 Å². The molecule has 1 heterocycles. The van der Waals surface area contributed by atoms with Crippen LogP contribution in [0.4, 0.5) is 4.39 Å². The van der Waals surface area contributed by atoms with Gasteiger partial charge in [-0.25, -0.2) is 12.8 Å². The summed E-state index contributed by atoms with van der Waals surface area (Å²) in [6.07, 6.45) is 2.23. The number of hydrogen-bond acceptors (Lipinski definition) is 5. The number of halogens is 1. The van der Waals surface area contributed by atoms with Crippen LogP contribution in [0, 0.1) is 5.82 Å². The fourth-order valence-electron chi connectivity index (χ4n) is 3.91. The summed E-state index contributed by atoms with van der Waals surface area (Å²) in [5.74, 6) is -1.40. The van der Waals surface area contributed by atoms with Crippen LogP contribution in [-0.2, 0) is 29.6 Å². The molecule has 2 atom stereocenters. The van der Waals surface area contributed by atoms with Crippen LogP contribution < -0.4 is 5.32 Å². The lowest BCUT2D eigenvalue weighted by molar-refractivity contribution is -0.160. The number of amides is 1. The maximum absolute atomic E-state index is 13.3. The summed E-state index contributed by atoms with van der Waals surface area (Å²) in [4.78, 5) is 25.2. The predicted molar refractivity (Wildman–Crippen MR) is 97.3 cm³/mol. The van der Waals surface area contributed by atoms with Crippen LogP contribution in [0.25, 0.3) is 0 Å². The highest BCUT2D eigenvalue weighted by atomic mass is 32.2. The van der Waals surface area contributed by atoms with E-state index >= 15 is 0 Å². The van der Waals surface area contributed by atoms with Gasteiger partial charge >= 0.3 is 5.97 Å². The summed E-state index contributed by atoms with van der Waals surface area (Å²) >= 11 is 0. The minimum Gasteiger partial charge on any atom is -0.452 e. The Morgan fingerprint density at radius 2 is 1.85 bits per heavy atom. The first kappa shape index (κ1) is 19.8. The van der Waals surface area contributed by atoms with Gasteiger partial charge in [0.15, 0.2) is 15.9 Å². The average Bonchev–Trinajstić information content (AvgIpc) is 3.23. The molecule has 1 aliphatic heterocycles. The molecule has 148 valence electrons. The summed E-state index contributed by atoms with van der Waals surface area (Å²) in [7, 11) is -3.11. The molecule has 6 nitrogen and oxygen atoms in total.